The molecule has 84 valence electrons. The number of hydrogen-bond acceptors (Lipinski definition) is 3. The first-order valence-corrected chi connectivity index (χ1v) is 6.37. The number of carboxylic acids is 1. The molecule has 2 N–H and O–H groups in total. The number of carbonyl (C=O) groups is 1. The van der Waals surface area contributed by atoms with Crippen molar-refractivity contribution in [1.82, 2.24) is 5.32 Å². The molecule has 1 aromatic heterocycles. The number of rotatable bonds is 5. The number of nitrogens with one attached hydrogen (secondary N) is 1. The molecule has 0 bridgehead atoms. The molecule has 3 nitrogen and oxygen atoms in total. The van der Waals surface area contributed by atoms with Gasteiger partial charge in [0.2, 0.25) is 0 Å². The first-order valence-electron chi connectivity index (χ1n) is 4.70. The van der Waals surface area contributed by atoms with Crippen LogP contribution in [-0.4, -0.2) is 16.6 Å². The molecule has 1 atom stereocenters. The second-order valence-electron chi connectivity index (χ2n) is 3.54. The number of thiophene rings is 1. The SMILES string of the molecule is CCC(C)(NCc1sccc1Br)C(=O)O. The van der Waals surface area contributed by atoms with E-state index in [9.17, 15) is 4.79 Å². The zero-order chi connectivity index (χ0) is 11.5. The van der Waals surface area contributed by atoms with Gasteiger partial charge < -0.3 is 5.11 Å². The summed E-state index contributed by atoms with van der Waals surface area (Å²) in [5, 5.41) is 14.1. The van der Waals surface area contributed by atoms with E-state index in [2.05, 4.69) is 21.2 Å². The average molecular weight is 292 g/mol. The molecule has 0 aromatic carbocycles. The molecule has 0 aliphatic heterocycles. The molecule has 0 saturated carbocycles. The van der Waals surface area contributed by atoms with Crippen LogP contribution in [0.15, 0.2) is 15.9 Å². The lowest BCUT2D eigenvalue weighted by atomic mass is 9.99. The molecule has 0 radical (unpaired) electrons. The van der Waals surface area contributed by atoms with E-state index in [0.29, 0.717) is 13.0 Å². The van der Waals surface area contributed by atoms with E-state index in [1.807, 2.05) is 18.4 Å². The molecule has 0 amide bonds. The van der Waals surface area contributed by atoms with Crippen LogP contribution in [0.3, 0.4) is 0 Å². The number of carboxylic acid groups (broad SMARTS) is 1. The van der Waals surface area contributed by atoms with Gasteiger partial charge >= 0.3 is 5.97 Å². The molecular formula is C10H14BrNO2S. The van der Waals surface area contributed by atoms with Crippen molar-refractivity contribution < 1.29 is 9.90 Å². The average Bonchev–Trinajstić information content (AvgIpc) is 2.60. The Hall–Kier alpha value is -0.390. The van der Waals surface area contributed by atoms with Crippen molar-refractivity contribution in [2.75, 3.05) is 0 Å². The lowest BCUT2D eigenvalue weighted by Crippen LogP contribution is -2.48. The molecule has 1 heterocycles. The summed E-state index contributed by atoms with van der Waals surface area (Å²) in [5.74, 6) is -0.808. The molecule has 0 aliphatic carbocycles. The van der Waals surface area contributed by atoms with Crippen LogP contribution in [0.25, 0.3) is 0 Å². The van der Waals surface area contributed by atoms with E-state index >= 15 is 0 Å². The lowest BCUT2D eigenvalue weighted by molar-refractivity contribution is -0.144. The molecular weight excluding hydrogens is 278 g/mol. The topological polar surface area (TPSA) is 49.3 Å². The van der Waals surface area contributed by atoms with Gasteiger partial charge in [0.15, 0.2) is 0 Å². The van der Waals surface area contributed by atoms with Crippen molar-refractivity contribution in [3.8, 4) is 0 Å². The summed E-state index contributed by atoms with van der Waals surface area (Å²) in [6.07, 6.45) is 0.561. The van der Waals surface area contributed by atoms with E-state index in [1.165, 1.54) is 0 Å². The highest BCUT2D eigenvalue weighted by Gasteiger charge is 2.30. The summed E-state index contributed by atoms with van der Waals surface area (Å²) < 4.78 is 1.03. The summed E-state index contributed by atoms with van der Waals surface area (Å²) in [6, 6.07) is 1.96. The summed E-state index contributed by atoms with van der Waals surface area (Å²) in [7, 11) is 0. The monoisotopic (exact) mass is 291 g/mol. The maximum atomic E-state index is 11.0. The van der Waals surface area contributed by atoms with Gasteiger partial charge in [-0.25, -0.2) is 0 Å². The van der Waals surface area contributed by atoms with Gasteiger partial charge in [0, 0.05) is 15.9 Å². The van der Waals surface area contributed by atoms with Crippen LogP contribution >= 0.6 is 27.3 Å². The van der Waals surface area contributed by atoms with Gasteiger partial charge in [0.05, 0.1) is 0 Å². The van der Waals surface area contributed by atoms with Crippen LogP contribution in [0.1, 0.15) is 25.1 Å². The van der Waals surface area contributed by atoms with Crippen molar-refractivity contribution in [3.63, 3.8) is 0 Å². The second kappa shape index (κ2) is 5.09. The Morgan fingerprint density at radius 3 is 2.80 bits per heavy atom. The van der Waals surface area contributed by atoms with Gasteiger partial charge in [-0.1, -0.05) is 6.92 Å². The van der Waals surface area contributed by atoms with Crippen LogP contribution in [0.2, 0.25) is 0 Å². The number of halogens is 1. The lowest BCUT2D eigenvalue weighted by Gasteiger charge is -2.24. The van der Waals surface area contributed by atoms with Gasteiger partial charge in [-0.2, -0.15) is 0 Å². The predicted octanol–water partition coefficient (Wildman–Crippen LogP) is 2.85. The molecule has 15 heavy (non-hydrogen) atoms. The minimum absolute atomic E-state index is 0.561. The Morgan fingerprint density at radius 2 is 2.40 bits per heavy atom. The molecule has 1 unspecified atom stereocenters. The zero-order valence-electron chi connectivity index (χ0n) is 8.71. The summed E-state index contributed by atoms with van der Waals surface area (Å²) >= 11 is 5.03. The highest BCUT2D eigenvalue weighted by Crippen LogP contribution is 2.23. The molecule has 0 saturated heterocycles. The second-order valence-corrected chi connectivity index (χ2v) is 5.39. The van der Waals surface area contributed by atoms with Crippen molar-refractivity contribution in [1.29, 1.82) is 0 Å². The maximum Gasteiger partial charge on any atom is 0.323 e. The smallest absolute Gasteiger partial charge is 0.323 e. The van der Waals surface area contributed by atoms with Crippen molar-refractivity contribution >= 4 is 33.2 Å². The van der Waals surface area contributed by atoms with E-state index in [4.69, 9.17) is 5.11 Å². The van der Waals surface area contributed by atoms with Crippen LogP contribution in [-0.2, 0) is 11.3 Å². The summed E-state index contributed by atoms with van der Waals surface area (Å²) in [5.41, 5.74) is -0.844. The van der Waals surface area contributed by atoms with Crippen molar-refractivity contribution in [2.45, 2.75) is 32.4 Å². The molecule has 1 aromatic rings. The van der Waals surface area contributed by atoms with E-state index < -0.39 is 11.5 Å². The highest BCUT2D eigenvalue weighted by molar-refractivity contribution is 9.10. The fraction of sp³-hybridized carbons (Fsp3) is 0.500. The third-order valence-corrected chi connectivity index (χ3v) is 4.44. The first kappa shape index (κ1) is 12.7. The fourth-order valence-electron chi connectivity index (χ4n) is 1.08. The Kier molecular flexibility index (Phi) is 4.31. The molecule has 0 aliphatic rings. The fourth-order valence-corrected chi connectivity index (χ4v) is 2.51. The van der Waals surface area contributed by atoms with Gasteiger partial charge in [-0.05, 0) is 40.7 Å². The minimum Gasteiger partial charge on any atom is -0.480 e. The van der Waals surface area contributed by atoms with Gasteiger partial charge in [0.1, 0.15) is 5.54 Å². The number of hydrogen-bond donors (Lipinski definition) is 2. The first-order chi connectivity index (χ1) is 6.99. The zero-order valence-corrected chi connectivity index (χ0v) is 11.1. The standard InChI is InChI=1S/C10H14BrNO2S/c1-3-10(2,9(13)14)12-6-8-7(11)4-5-15-8/h4-5,12H,3,6H2,1-2H3,(H,13,14). The van der Waals surface area contributed by atoms with E-state index in [1.54, 1.807) is 18.3 Å². The predicted molar refractivity (Wildman–Crippen MR) is 65.2 cm³/mol. The Labute approximate surface area is 102 Å². The van der Waals surface area contributed by atoms with Gasteiger partial charge in [-0.3, -0.25) is 10.1 Å². The summed E-state index contributed by atoms with van der Waals surface area (Å²) in [4.78, 5) is 12.1. The Bertz CT molecular complexity index is 353. The van der Waals surface area contributed by atoms with Crippen LogP contribution in [0.4, 0.5) is 0 Å². The Morgan fingerprint density at radius 1 is 1.73 bits per heavy atom. The summed E-state index contributed by atoms with van der Waals surface area (Å²) in [6.45, 7) is 4.15. The van der Waals surface area contributed by atoms with E-state index in [-0.39, 0.29) is 0 Å². The van der Waals surface area contributed by atoms with E-state index in [0.717, 1.165) is 9.35 Å². The van der Waals surface area contributed by atoms with Crippen LogP contribution in [0, 0.1) is 0 Å². The van der Waals surface area contributed by atoms with Crippen molar-refractivity contribution in [3.05, 3.63) is 20.8 Å². The van der Waals surface area contributed by atoms with Gasteiger partial charge in [-0.15, -0.1) is 11.3 Å². The molecule has 0 spiro atoms. The highest BCUT2D eigenvalue weighted by atomic mass is 79.9. The molecule has 5 heteroatoms. The normalized spacial score (nSPS) is 14.9. The Balaban J connectivity index is 2.63. The quantitative estimate of drug-likeness (QED) is 0.877. The third kappa shape index (κ3) is 3.03. The van der Waals surface area contributed by atoms with Crippen molar-refractivity contribution in [2.24, 2.45) is 0 Å². The minimum atomic E-state index is -0.844. The van der Waals surface area contributed by atoms with Crippen LogP contribution < -0.4 is 5.32 Å². The largest absolute Gasteiger partial charge is 0.480 e. The number of aliphatic carboxylic acids is 1. The van der Waals surface area contributed by atoms with Crippen LogP contribution in [0.5, 0.6) is 0 Å². The molecule has 0 fully saturated rings. The third-order valence-electron chi connectivity index (χ3n) is 2.51. The molecule has 1 rings (SSSR count). The maximum absolute atomic E-state index is 11.0. The van der Waals surface area contributed by atoms with Gasteiger partial charge in [0.25, 0.3) is 0 Å².